The Morgan fingerprint density at radius 2 is 0.944 bits per heavy atom. The van der Waals surface area contributed by atoms with Gasteiger partial charge in [0.1, 0.15) is 0 Å². The van der Waals surface area contributed by atoms with Gasteiger partial charge in [-0.15, -0.1) is 0 Å². The molecule has 0 spiro atoms. The Labute approximate surface area is 95.9 Å². The second-order valence-electron chi connectivity index (χ2n) is 2.22. The third kappa shape index (κ3) is 4.38. The molecule has 0 saturated heterocycles. The van der Waals surface area contributed by atoms with E-state index in [2.05, 4.69) is 7.94 Å². The Bertz CT molecular complexity index is 477. The maximum absolute atomic E-state index is 11.6. The largest absolute Gasteiger partial charge is 0.523 e. The van der Waals surface area contributed by atoms with E-state index in [0.717, 1.165) is 0 Å². The lowest BCUT2D eigenvalue weighted by molar-refractivity contribution is -0.0515. The second kappa shape index (κ2) is 4.96. The van der Waals surface area contributed by atoms with Gasteiger partial charge in [-0.05, 0) is 0 Å². The molecule has 0 aromatic carbocycles. The topological polar surface area (TPSA) is 104 Å². The van der Waals surface area contributed by atoms with Crippen LogP contribution in [0.5, 0.6) is 0 Å². The van der Waals surface area contributed by atoms with Gasteiger partial charge in [-0.3, -0.25) is 4.57 Å². The van der Waals surface area contributed by atoms with Crippen molar-refractivity contribution in [1.29, 1.82) is 0 Å². The van der Waals surface area contributed by atoms with Gasteiger partial charge in [0.25, 0.3) is 0 Å². The number of hydrogen-bond acceptors (Lipinski definition) is 7. The summed E-state index contributed by atoms with van der Waals surface area (Å²) in [6, 6.07) is 0. The standard InChI is InChI=1S/C2HF6O7PS2/c3-1(4,5)17(10,11)14-16(9)15-18(12,13)2(6,7)8/h16H. The van der Waals surface area contributed by atoms with Crippen LogP contribution in [0.15, 0.2) is 0 Å². The van der Waals surface area contributed by atoms with Gasteiger partial charge >= 0.3 is 39.5 Å². The molecule has 0 radical (unpaired) electrons. The molecule has 0 aliphatic heterocycles. The summed E-state index contributed by atoms with van der Waals surface area (Å²) in [5.74, 6) is 0. The van der Waals surface area contributed by atoms with Crippen molar-refractivity contribution in [3.05, 3.63) is 0 Å². The zero-order valence-electron chi connectivity index (χ0n) is 7.44. The Morgan fingerprint density at radius 1 is 0.722 bits per heavy atom. The Kier molecular flexibility index (Phi) is 4.85. The first-order valence-electron chi connectivity index (χ1n) is 3.15. The minimum atomic E-state index is -6.54. The lowest BCUT2D eigenvalue weighted by Gasteiger charge is -2.09. The molecule has 0 aliphatic rings. The fraction of sp³-hybridized carbons (Fsp3) is 1.00. The molecule has 0 aromatic rings. The van der Waals surface area contributed by atoms with Crippen LogP contribution in [-0.4, -0.2) is 27.9 Å². The van der Waals surface area contributed by atoms with E-state index in [1.165, 1.54) is 0 Å². The molecule has 0 N–H and O–H groups in total. The van der Waals surface area contributed by atoms with Crippen molar-refractivity contribution in [2.75, 3.05) is 0 Å². The molecule has 0 aromatic heterocycles. The Balaban J connectivity index is 4.98. The van der Waals surface area contributed by atoms with E-state index in [1.54, 1.807) is 0 Å². The average molecular weight is 346 g/mol. The quantitative estimate of drug-likeness (QED) is 0.427. The molecule has 0 aliphatic carbocycles. The normalized spacial score (nSPS) is 15.1. The summed E-state index contributed by atoms with van der Waals surface area (Å²) in [5, 5.41) is 0. The van der Waals surface area contributed by atoms with E-state index in [0.29, 0.717) is 0 Å². The van der Waals surface area contributed by atoms with Gasteiger partial charge < -0.3 is 0 Å². The predicted octanol–water partition coefficient (Wildman–Crippen LogP) is 1.11. The summed E-state index contributed by atoms with van der Waals surface area (Å²) in [4.78, 5) is 0. The number of rotatable bonds is 4. The van der Waals surface area contributed by atoms with Gasteiger partial charge in [0.2, 0.25) is 0 Å². The van der Waals surface area contributed by atoms with E-state index in [1.807, 2.05) is 0 Å². The molecular weight excluding hydrogens is 345 g/mol. The van der Waals surface area contributed by atoms with Crippen LogP contribution >= 0.6 is 8.25 Å². The molecule has 0 rings (SSSR count). The van der Waals surface area contributed by atoms with Crippen molar-refractivity contribution in [3.8, 4) is 0 Å². The molecule has 7 nitrogen and oxygen atoms in total. The van der Waals surface area contributed by atoms with Gasteiger partial charge in [0.15, 0.2) is 0 Å². The highest BCUT2D eigenvalue weighted by Gasteiger charge is 2.52. The van der Waals surface area contributed by atoms with Gasteiger partial charge in [0, 0.05) is 0 Å². The van der Waals surface area contributed by atoms with E-state index < -0.39 is 39.5 Å². The zero-order valence-corrected chi connectivity index (χ0v) is 10.1. The molecule has 0 fully saturated rings. The van der Waals surface area contributed by atoms with Crippen molar-refractivity contribution in [2.24, 2.45) is 0 Å². The minimum Gasteiger partial charge on any atom is -0.261 e. The molecule has 0 heterocycles. The Morgan fingerprint density at radius 3 is 1.11 bits per heavy atom. The summed E-state index contributed by atoms with van der Waals surface area (Å²) < 4.78 is 126. The summed E-state index contributed by atoms with van der Waals surface area (Å²) >= 11 is 0. The molecule has 0 unspecified atom stereocenters. The monoisotopic (exact) mass is 346 g/mol. The fourth-order valence-corrected chi connectivity index (χ4v) is 2.84. The maximum Gasteiger partial charge on any atom is 0.523 e. The van der Waals surface area contributed by atoms with Crippen molar-refractivity contribution in [3.63, 3.8) is 0 Å². The van der Waals surface area contributed by atoms with E-state index in [4.69, 9.17) is 0 Å². The lowest BCUT2D eigenvalue weighted by Crippen LogP contribution is -2.26. The number of hydrogen-bond donors (Lipinski definition) is 0. The van der Waals surface area contributed by atoms with Crippen LogP contribution in [0.4, 0.5) is 26.3 Å². The van der Waals surface area contributed by atoms with E-state index >= 15 is 0 Å². The highest BCUT2D eigenvalue weighted by atomic mass is 32.2. The highest BCUT2D eigenvalue weighted by molar-refractivity contribution is 7.93. The molecule has 110 valence electrons. The van der Waals surface area contributed by atoms with Crippen molar-refractivity contribution >= 4 is 28.5 Å². The van der Waals surface area contributed by atoms with Gasteiger partial charge in [-0.1, -0.05) is 0 Å². The van der Waals surface area contributed by atoms with Crippen LogP contribution in [0, 0.1) is 0 Å². The predicted molar refractivity (Wildman–Crippen MR) is 41.1 cm³/mol. The zero-order chi connectivity index (χ0) is 15.0. The van der Waals surface area contributed by atoms with Crippen LogP contribution in [0.2, 0.25) is 0 Å². The first-order valence-corrected chi connectivity index (χ1v) is 7.20. The summed E-state index contributed by atoms with van der Waals surface area (Å²) in [7, 11) is -18.2. The molecule has 0 saturated carbocycles. The summed E-state index contributed by atoms with van der Waals surface area (Å²) in [6.07, 6.45) is 0. The fourth-order valence-electron chi connectivity index (χ4n) is 0.288. The van der Waals surface area contributed by atoms with Crippen LogP contribution in [0.25, 0.3) is 0 Å². The molecular formula is C2HF6O7PS2. The van der Waals surface area contributed by atoms with Crippen molar-refractivity contribution in [1.82, 2.24) is 0 Å². The average Bonchev–Trinajstić information content (AvgIpc) is 1.95. The molecule has 0 bridgehead atoms. The second-order valence-corrected chi connectivity index (χ2v) is 6.79. The minimum absolute atomic E-state index is 2.63. The molecule has 0 atom stereocenters. The smallest absolute Gasteiger partial charge is 0.261 e. The van der Waals surface area contributed by atoms with Crippen molar-refractivity contribution in [2.45, 2.75) is 11.0 Å². The summed E-state index contributed by atoms with van der Waals surface area (Å²) in [5.41, 5.74) is -12.2. The van der Waals surface area contributed by atoms with Gasteiger partial charge in [-0.2, -0.15) is 51.1 Å². The van der Waals surface area contributed by atoms with E-state index in [9.17, 15) is 47.7 Å². The van der Waals surface area contributed by atoms with Crippen LogP contribution < -0.4 is 0 Å². The first kappa shape index (κ1) is 17.6. The third-order valence-electron chi connectivity index (χ3n) is 0.922. The van der Waals surface area contributed by atoms with Gasteiger partial charge in [0.05, 0.1) is 0 Å². The number of alkyl halides is 6. The van der Waals surface area contributed by atoms with Crippen LogP contribution in [0.1, 0.15) is 0 Å². The highest BCUT2D eigenvalue weighted by Crippen LogP contribution is 2.39. The Hall–Kier alpha value is -0.370. The third-order valence-corrected chi connectivity index (χ3v) is 4.90. The maximum atomic E-state index is 11.6. The first-order chi connectivity index (χ1) is 7.60. The SMILES string of the molecule is O=[PH](OS(=O)(=O)C(F)(F)F)OS(=O)(=O)C(F)(F)F. The van der Waals surface area contributed by atoms with Crippen LogP contribution in [-0.2, 0) is 32.7 Å². The molecule has 18 heavy (non-hydrogen) atoms. The van der Waals surface area contributed by atoms with Crippen LogP contribution in [0.3, 0.4) is 0 Å². The molecule has 0 amide bonds. The van der Waals surface area contributed by atoms with Gasteiger partial charge in [-0.25, -0.2) is 0 Å². The van der Waals surface area contributed by atoms with E-state index in [-0.39, 0.29) is 0 Å². The number of halogens is 6. The molecule has 16 heteroatoms. The lowest BCUT2D eigenvalue weighted by atomic mass is 11.6. The van der Waals surface area contributed by atoms with Crippen molar-refractivity contribution < 1.29 is 55.7 Å². The summed E-state index contributed by atoms with van der Waals surface area (Å²) in [6.45, 7) is 0.